The van der Waals surface area contributed by atoms with Gasteiger partial charge in [0, 0.05) is 0 Å². The van der Waals surface area contributed by atoms with Gasteiger partial charge in [-0.2, -0.15) is 83.4 Å². The predicted molar refractivity (Wildman–Crippen MR) is 85.7 cm³/mol. The number of hydrogen-bond donors (Lipinski definition) is 2. The van der Waals surface area contributed by atoms with Crippen molar-refractivity contribution in [3.8, 4) is 5.75 Å². The zero-order chi connectivity index (χ0) is 33.3. The molecule has 0 bridgehead atoms. The Morgan fingerprint density at radius 3 is 1.07 bits per heavy atom. The van der Waals surface area contributed by atoms with Crippen LogP contribution in [-0.2, 0) is 0 Å². The van der Waals surface area contributed by atoms with E-state index in [1.807, 2.05) is 0 Å². The fourth-order valence-electron chi connectivity index (χ4n) is 2.33. The van der Waals surface area contributed by atoms with Gasteiger partial charge in [0.2, 0.25) is 11.6 Å². The number of hydrogen-bond acceptors (Lipinski definition) is 3. The van der Waals surface area contributed by atoms with Crippen LogP contribution in [0.1, 0.15) is 0 Å². The summed E-state index contributed by atoms with van der Waals surface area (Å²) in [6, 6.07) is -4.27. The van der Waals surface area contributed by atoms with Crippen molar-refractivity contribution in [3.63, 3.8) is 0 Å². The van der Waals surface area contributed by atoms with Crippen LogP contribution in [0.15, 0.2) is 11.8 Å². The molecule has 4 N–H and O–H groups in total. The molecule has 0 aliphatic heterocycles. The van der Waals surface area contributed by atoms with Gasteiger partial charge in [0.05, 0.1) is 0 Å². The lowest BCUT2D eigenvalue weighted by Crippen LogP contribution is -2.74. The lowest BCUT2D eigenvalue weighted by Gasteiger charge is -2.42. The van der Waals surface area contributed by atoms with Crippen LogP contribution in [0.3, 0.4) is 0 Å². The van der Waals surface area contributed by atoms with Crippen LogP contribution in [0.2, 0.25) is 0 Å². The zero-order valence-corrected chi connectivity index (χ0v) is 17.9. The molecule has 0 aliphatic carbocycles. The minimum Gasteiger partial charge on any atom is -0.423 e. The van der Waals surface area contributed by atoms with E-state index in [1.54, 1.807) is 0 Å². The van der Waals surface area contributed by atoms with Gasteiger partial charge < -0.3 is 16.2 Å². The summed E-state index contributed by atoms with van der Waals surface area (Å²) in [5.74, 6) is -76.8. The molecule has 1 aromatic rings. The van der Waals surface area contributed by atoms with Crippen molar-refractivity contribution in [3.05, 3.63) is 29.3 Å². The number of allylic oxidation sites excluding steroid dienone is 1. The summed E-state index contributed by atoms with van der Waals surface area (Å²) in [5.41, 5.74) is 5.15. The molecule has 0 aromatic heterocycles. The summed E-state index contributed by atoms with van der Waals surface area (Å²) in [4.78, 5) is 0. The van der Waals surface area contributed by atoms with Gasteiger partial charge >= 0.3 is 53.6 Å². The van der Waals surface area contributed by atoms with E-state index >= 15 is 0 Å². The summed E-state index contributed by atoms with van der Waals surface area (Å²) >= 11 is 0. The molecule has 0 radical (unpaired) electrons. The maximum Gasteiger partial charge on any atom is 0.460 e. The summed E-state index contributed by atoms with van der Waals surface area (Å²) < 4.78 is 295. The molecule has 3 nitrogen and oxygen atoms in total. The number of benzene rings is 1. The van der Waals surface area contributed by atoms with E-state index < -0.39 is 94.0 Å². The number of nitrogen functional groups attached to an aromatic ring is 2. The van der Waals surface area contributed by atoms with Crippen LogP contribution in [-0.4, -0.2) is 47.6 Å². The molecule has 25 heteroatoms. The van der Waals surface area contributed by atoms with E-state index in [0.29, 0.717) is 0 Å². The van der Waals surface area contributed by atoms with Gasteiger partial charge in [-0.15, -0.1) is 0 Å². The number of rotatable bonds is 9. The van der Waals surface area contributed by atoms with E-state index in [0.717, 1.165) is 0 Å². The highest BCUT2D eigenvalue weighted by Gasteiger charge is 2.95. The summed E-state index contributed by atoms with van der Waals surface area (Å²) in [5, 5.41) is 0. The fourth-order valence-corrected chi connectivity index (χ4v) is 2.33. The maximum absolute atomic E-state index is 13.7. The van der Waals surface area contributed by atoms with Crippen molar-refractivity contribution >= 4 is 11.4 Å². The highest BCUT2D eigenvalue weighted by Crippen LogP contribution is 2.64. The van der Waals surface area contributed by atoms with E-state index in [9.17, 15) is 96.6 Å². The molecular weight excluding hydrogens is 654 g/mol. The minimum absolute atomic E-state index is 2.01. The quantitative estimate of drug-likeness (QED) is 0.162. The van der Waals surface area contributed by atoms with Gasteiger partial charge in [-0.3, -0.25) is 0 Å². The van der Waals surface area contributed by atoms with Crippen LogP contribution in [0, 0.1) is 17.5 Å². The molecule has 0 unspecified atom stereocenters. The Morgan fingerprint density at radius 1 is 0.463 bits per heavy atom. The van der Waals surface area contributed by atoms with Gasteiger partial charge in [-0.25, -0.2) is 13.2 Å². The first kappa shape index (κ1) is 35.8. The van der Waals surface area contributed by atoms with E-state index in [-0.39, 0.29) is 0 Å². The highest BCUT2D eigenvalue weighted by molar-refractivity contribution is 5.61. The summed E-state index contributed by atoms with van der Waals surface area (Å²) in [6.45, 7) is 0. The first-order valence-corrected chi connectivity index (χ1v) is 8.89. The van der Waals surface area contributed by atoms with Gasteiger partial charge in [0.1, 0.15) is 11.4 Å². The second-order valence-electron chi connectivity index (χ2n) is 7.31. The Balaban J connectivity index is 3.79. The van der Waals surface area contributed by atoms with Crippen molar-refractivity contribution in [1.29, 1.82) is 0 Å². The zero-order valence-electron chi connectivity index (χ0n) is 17.9. The van der Waals surface area contributed by atoms with Crippen molar-refractivity contribution in [2.24, 2.45) is 0 Å². The first-order valence-electron chi connectivity index (χ1n) is 8.89. The van der Waals surface area contributed by atoms with Gasteiger partial charge in [0.25, 0.3) is 0 Å². The lowest BCUT2D eigenvalue weighted by atomic mass is 9.88. The van der Waals surface area contributed by atoms with Crippen molar-refractivity contribution in [2.75, 3.05) is 11.5 Å². The molecule has 0 heterocycles. The van der Waals surface area contributed by atoms with Crippen LogP contribution in [0.25, 0.3) is 0 Å². The monoisotopic (exact) mass is 658 g/mol. The maximum atomic E-state index is 13.7. The van der Waals surface area contributed by atoms with Gasteiger partial charge in [-0.05, 0) is 0 Å². The van der Waals surface area contributed by atoms with Crippen molar-refractivity contribution in [2.45, 2.75) is 47.6 Å². The number of ether oxygens (including phenoxy) is 1. The molecule has 0 fully saturated rings. The van der Waals surface area contributed by atoms with Crippen LogP contribution in [0.4, 0.5) is 108 Å². The first-order chi connectivity index (χ1) is 17.7. The Hall–Kier alpha value is -3.18. The van der Waals surface area contributed by atoms with Crippen LogP contribution < -0.4 is 16.2 Å². The topological polar surface area (TPSA) is 61.3 Å². The van der Waals surface area contributed by atoms with Crippen LogP contribution in [0.5, 0.6) is 5.75 Å². The summed E-state index contributed by atoms with van der Waals surface area (Å²) in [7, 11) is 0. The third-order valence-electron chi connectivity index (χ3n) is 4.71. The van der Waals surface area contributed by atoms with Gasteiger partial charge in [0.15, 0.2) is 17.5 Å². The molecule has 41 heavy (non-hydrogen) atoms. The smallest absolute Gasteiger partial charge is 0.423 e. The molecule has 1 aromatic carbocycles. The van der Waals surface area contributed by atoms with E-state index in [4.69, 9.17) is 0 Å². The molecule has 0 saturated carbocycles. The molecular formula is C16H4F22N2O. The average molecular weight is 658 g/mol. The third-order valence-corrected chi connectivity index (χ3v) is 4.71. The molecule has 0 atom stereocenters. The van der Waals surface area contributed by atoms with E-state index in [1.165, 1.54) is 0 Å². The number of alkyl halides is 17. The normalized spacial score (nSPS) is 15.7. The molecule has 0 aliphatic rings. The van der Waals surface area contributed by atoms with Crippen molar-refractivity contribution < 1.29 is 101 Å². The SMILES string of the molecule is Nc1c(F)c(N)c(F)c(OC(F)=C(F)C(F)(F)C(F)(F)C(F)(F)C(F)(F)C(F)(F)C(F)(F)C(F)(F)C(F)(F)F)c1F. The number of anilines is 2. The predicted octanol–water partition coefficient (Wildman–Crippen LogP) is 7.76. The third kappa shape index (κ3) is 4.67. The minimum atomic E-state index is -9.11. The summed E-state index contributed by atoms with van der Waals surface area (Å²) in [6.07, 6.45) is -8.01. The Kier molecular flexibility index (Phi) is 8.47. The molecule has 238 valence electrons. The second-order valence-corrected chi connectivity index (χ2v) is 7.31. The van der Waals surface area contributed by atoms with Gasteiger partial charge in [-0.1, -0.05) is 0 Å². The Morgan fingerprint density at radius 2 is 0.756 bits per heavy atom. The largest absolute Gasteiger partial charge is 0.460 e. The molecule has 0 spiro atoms. The average Bonchev–Trinajstić information content (AvgIpc) is 2.81. The molecule has 1 rings (SSSR count). The Bertz CT molecular complexity index is 1190. The number of halogens is 22. The molecule has 0 saturated heterocycles. The second kappa shape index (κ2) is 9.69. The van der Waals surface area contributed by atoms with E-state index in [2.05, 4.69) is 16.2 Å². The molecule has 0 amide bonds. The van der Waals surface area contributed by atoms with Crippen LogP contribution >= 0.6 is 0 Å². The highest BCUT2D eigenvalue weighted by atomic mass is 19.4. The lowest BCUT2D eigenvalue weighted by molar-refractivity contribution is -0.460. The Labute approximate surface area is 208 Å². The number of nitrogens with two attached hydrogens (primary N) is 2. The van der Waals surface area contributed by atoms with Crippen molar-refractivity contribution in [1.82, 2.24) is 0 Å². The fraction of sp³-hybridized carbons (Fsp3) is 0.500. The standard InChI is InChI=1S/C16H4F22N2O/c17-1-4(39)2(18)6(3(19)5(1)40)41-8(21)7(20)9(22,23)10(24,25)11(26,27)12(28,29)13(30,31)14(32,33)15(34,35)16(36,37)38/h39-40H2.